The van der Waals surface area contributed by atoms with E-state index in [2.05, 4.69) is 13.8 Å². The molecule has 1 rings (SSSR count). The van der Waals surface area contributed by atoms with E-state index >= 15 is 0 Å². The monoisotopic (exact) mass is 267 g/mol. The normalized spacial score (nSPS) is 12.6. The third kappa shape index (κ3) is 6.17. The van der Waals surface area contributed by atoms with Gasteiger partial charge in [-0.05, 0) is 35.6 Å². The van der Waals surface area contributed by atoms with E-state index in [1.807, 2.05) is 6.07 Å². The van der Waals surface area contributed by atoms with Gasteiger partial charge in [0.05, 0.1) is 6.61 Å². The number of halogens is 1. The van der Waals surface area contributed by atoms with Crippen LogP contribution in [0.3, 0.4) is 0 Å². The first-order valence-electron chi connectivity index (χ1n) is 7.25. The van der Waals surface area contributed by atoms with Gasteiger partial charge in [-0.25, -0.2) is 4.39 Å². The average molecular weight is 267 g/mol. The Hall–Kier alpha value is -0.930. The van der Waals surface area contributed by atoms with E-state index in [1.54, 1.807) is 0 Å². The van der Waals surface area contributed by atoms with Crippen molar-refractivity contribution in [3.05, 3.63) is 35.1 Å². The molecule has 0 fully saturated rings. The van der Waals surface area contributed by atoms with Gasteiger partial charge >= 0.3 is 0 Å². The SMILES string of the molecule is CCCCC(CC)COCc1cc(F)cc(CN)c1. The molecule has 19 heavy (non-hydrogen) atoms. The maximum absolute atomic E-state index is 13.3. The lowest BCUT2D eigenvalue weighted by atomic mass is 10.0. The summed E-state index contributed by atoms with van der Waals surface area (Å²) >= 11 is 0. The zero-order valence-corrected chi connectivity index (χ0v) is 12.1. The second-order valence-corrected chi connectivity index (χ2v) is 5.10. The molecule has 0 radical (unpaired) electrons. The van der Waals surface area contributed by atoms with Crippen molar-refractivity contribution in [1.29, 1.82) is 0 Å². The van der Waals surface area contributed by atoms with E-state index in [4.69, 9.17) is 10.5 Å². The highest BCUT2D eigenvalue weighted by Crippen LogP contribution is 2.15. The summed E-state index contributed by atoms with van der Waals surface area (Å²) in [5, 5.41) is 0. The lowest BCUT2D eigenvalue weighted by molar-refractivity contribution is 0.0818. The first kappa shape index (κ1) is 16.1. The molecule has 0 aliphatic rings. The second kappa shape index (κ2) is 9.05. The van der Waals surface area contributed by atoms with E-state index < -0.39 is 0 Å². The number of hydrogen-bond donors (Lipinski definition) is 1. The minimum atomic E-state index is -0.237. The minimum Gasteiger partial charge on any atom is -0.376 e. The molecule has 0 heterocycles. The summed E-state index contributed by atoms with van der Waals surface area (Å²) in [6, 6.07) is 4.90. The number of unbranched alkanes of at least 4 members (excludes halogenated alkanes) is 1. The topological polar surface area (TPSA) is 35.2 Å². The van der Waals surface area contributed by atoms with Crippen LogP contribution in [-0.4, -0.2) is 6.61 Å². The standard InChI is InChI=1S/C16H26FNO/c1-3-5-6-13(4-2)11-19-12-15-7-14(10-18)8-16(17)9-15/h7-9,13H,3-6,10-12,18H2,1-2H3. The summed E-state index contributed by atoms with van der Waals surface area (Å²) in [7, 11) is 0. The van der Waals surface area contributed by atoms with E-state index in [-0.39, 0.29) is 5.82 Å². The van der Waals surface area contributed by atoms with E-state index in [1.165, 1.54) is 31.4 Å². The summed E-state index contributed by atoms with van der Waals surface area (Å²) in [6.45, 7) is 5.98. The van der Waals surface area contributed by atoms with E-state index in [0.29, 0.717) is 19.1 Å². The Morgan fingerprint density at radius 3 is 2.58 bits per heavy atom. The molecule has 108 valence electrons. The van der Waals surface area contributed by atoms with Crippen LogP contribution < -0.4 is 5.73 Å². The molecule has 0 saturated heterocycles. The molecule has 0 spiro atoms. The molecule has 1 aromatic rings. The van der Waals surface area contributed by atoms with Gasteiger partial charge in [-0.3, -0.25) is 0 Å². The van der Waals surface area contributed by atoms with Crippen molar-refractivity contribution >= 4 is 0 Å². The van der Waals surface area contributed by atoms with Gasteiger partial charge in [-0.1, -0.05) is 39.2 Å². The van der Waals surface area contributed by atoms with Crippen LogP contribution in [0.5, 0.6) is 0 Å². The number of rotatable bonds is 9. The molecular formula is C16H26FNO. The molecule has 0 bridgehead atoms. The van der Waals surface area contributed by atoms with Gasteiger partial charge in [0, 0.05) is 13.2 Å². The van der Waals surface area contributed by atoms with Gasteiger partial charge in [0.15, 0.2) is 0 Å². The largest absolute Gasteiger partial charge is 0.376 e. The fraction of sp³-hybridized carbons (Fsp3) is 0.625. The van der Waals surface area contributed by atoms with Crippen LogP contribution in [0.15, 0.2) is 18.2 Å². The van der Waals surface area contributed by atoms with Crippen molar-refractivity contribution in [2.75, 3.05) is 6.61 Å². The zero-order chi connectivity index (χ0) is 14.1. The molecule has 1 atom stereocenters. The molecule has 1 unspecified atom stereocenters. The maximum atomic E-state index is 13.3. The first-order valence-corrected chi connectivity index (χ1v) is 7.25. The van der Waals surface area contributed by atoms with Gasteiger partial charge in [0.25, 0.3) is 0 Å². The molecule has 0 aliphatic heterocycles. The van der Waals surface area contributed by atoms with Crippen LogP contribution in [0.4, 0.5) is 4.39 Å². The number of nitrogens with two attached hydrogens (primary N) is 1. The molecule has 2 N–H and O–H groups in total. The van der Waals surface area contributed by atoms with Crippen molar-refractivity contribution in [3.63, 3.8) is 0 Å². The maximum Gasteiger partial charge on any atom is 0.123 e. The number of ether oxygens (including phenoxy) is 1. The predicted octanol–water partition coefficient (Wildman–Crippen LogP) is 4.02. The summed E-state index contributed by atoms with van der Waals surface area (Å²) in [6.07, 6.45) is 4.82. The van der Waals surface area contributed by atoms with Gasteiger partial charge < -0.3 is 10.5 Å². The minimum absolute atomic E-state index is 0.237. The number of benzene rings is 1. The fourth-order valence-corrected chi connectivity index (χ4v) is 2.16. The van der Waals surface area contributed by atoms with Crippen molar-refractivity contribution in [2.45, 2.75) is 52.7 Å². The van der Waals surface area contributed by atoms with Crippen molar-refractivity contribution in [2.24, 2.45) is 11.7 Å². The lowest BCUT2D eigenvalue weighted by Crippen LogP contribution is -2.09. The number of hydrogen-bond acceptors (Lipinski definition) is 2. The smallest absolute Gasteiger partial charge is 0.123 e. The molecule has 2 nitrogen and oxygen atoms in total. The van der Waals surface area contributed by atoms with Crippen LogP contribution in [-0.2, 0) is 17.9 Å². The third-order valence-electron chi connectivity index (χ3n) is 3.42. The third-order valence-corrected chi connectivity index (χ3v) is 3.42. The zero-order valence-electron chi connectivity index (χ0n) is 12.1. The fourth-order valence-electron chi connectivity index (χ4n) is 2.16. The van der Waals surface area contributed by atoms with Crippen molar-refractivity contribution < 1.29 is 9.13 Å². The lowest BCUT2D eigenvalue weighted by Gasteiger charge is -2.15. The Balaban J connectivity index is 2.41. The Morgan fingerprint density at radius 2 is 1.95 bits per heavy atom. The summed E-state index contributed by atoms with van der Waals surface area (Å²) in [5.41, 5.74) is 7.22. The molecular weight excluding hydrogens is 241 g/mol. The quantitative estimate of drug-likeness (QED) is 0.733. The van der Waals surface area contributed by atoms with Gasteiger partial charge in [-0.2, -0.15) is 0 Å². The average Bonchev–Trinajstić information content (AvgIpc) is 2.42. The molecule has 3 heteroatoms. The molecule has 0 amide bonds. The Kier molecular flexibility index (Phi) is 7.68. The Bertz CT molecular complexity index is 368. The molecule has 0 saturated carbocycles. The van der Waals surface area contributed by atoms with Crippen LogP contribution in [0, 0.1) is 11.7 Å². The van der Waals surface area contributed by atoms with Gasteiger partial charge in [0.1, 0.15) is 5.82 Å². The van der Waals surface area contributed by atoms with Crippen LogP contribution >= 0.6 is 0 Å². The highest BCUT2D eigenvalue weighted by molar-refractivity contribution is 5.24. The molecule has 0 aromatic heterocycles. The van der Waals surface area contributed by atoms with Gasteiger partial charge in [-0.15, -0.1) is 0 Å². The highest BCUT2D eigenvalue weighted by atomic mass is 19.1. The van der Waals surface area contributed by atoms with E-state index in [9.17, 15) is 4.39 Å². The molecule has 1 aromatic carbocycles. The summed E-state index contributed by atoms with van der Waals surface area (Å²) in [4.78, 5) is 0. The second-order valence-electron chi connectivity index (χ2n) is 5.10. The Labute approximate surface area is 116 Å². The van der Waals surface area contributed by atoms with Crippen LogP contribution in [0.2, 0.25) is 0 Å². The van der Waals surface area contributed by atoms with Crippen LogP contribution in [0.1, 0.15) is 50.7 Å². The van der Waals surface area contributed by atoms with E-state index in [0.717, 1.165) is 24.2 Å². The summed E-state index contributed by atoms with van der Waals surface area (Å²) in [5.74, 6) is 0.377. The predicted molar refractivity (Wildman–Crippen MR) is 77.3 cm³/mol. The summed E-state index contributed by atoms with van der Waals surface area (Å²) < 4.78 is 19.0. The van der Waals surface area contributed by atoms with Crippen LogP contribution in [0.25, 0.3) is 0 Å². The highest BCUT2D eigenvalue weighted by Gasteiger charge is 2.06. The van der Waals surface area contributed by atoms with Crippen molar-refractivity contribution in [1.82, 2.24) is 0 Å². The Morgan fingerprint density at radius 1 is 1.21 bits per heavy atom. The van der Waals surface area contributed by atoms with Gasteiger partial charge in [0.2, 0.25) is 0 Å². The molecule has 0 aliphatic carbocycles. The van der Waals surface area contributed by atoms with Crippen molar-refractivity contribution in [3.8, 4) is 0 Å². The first-order chi connectivity index (χ1) is 9.19.